The first-order valence-corrected chi connectivity index (χ1v) is 18.6. The fourth-order valence-corrected chi connectivity index (χ4v) is 2.34. The number of halogens is 4. The van der Waals surface area contributed by atoms with Gasteiger partial charge in [0.25, 0.3) is 6.43 Å². The van der Waals surface area contributed by atoms with E-state index >= 15 is 0 Å². The van der Waals surface area contributed by atoms with Crippen LogP contribution in [0.2, 0.25) is 0 Å². The van der Waals surface area contributed by atoms with Gasteiger partial charge in [-0.1, -0.05) is 39.5 Å². The molecular weight excluding hydrogens is 732 g/mol. The number of Topliss-reactive ketones (excluding diaryl/α,β-unsaturated/α-hetero) is 2. The number of likely N-dealkylation sites (N-methyl/N-ethyl adjacent to an activating group) is 1. The van der Waals surface area contributed by atoms with Gasteiger partial charge < -0.3 is 57.3 Å². The van der Waals surface area contributed by atoms with E-state index in [1.807, 2.05) is 14.1 Å². The van der Waals surface area contributed by atoms with Gasteiger partial charge in [-0.2, -0.15) is 8.78 Å². The van der Waals surface area contributed by atoms with Gasteiger partial charge in [-0.25, -0.2) is 8.78 Å². The van der Waals surface area contributed by atoms with E-state index in [-0.39, 0.29) is 5.78 Å². The lowest BCUT2D eigenvalue weighted by Gasteiger charge is -2.06. The van der Waals surface area contributed by atoms with Gasteiger partial charge in [-0.05, 0) is 73.8 Å². The Labute approximate surface area is 335 Å². The Morgan fingerprint density at radius 3 is 1.18 bits per heavy atom. The second kappa shape index (κ2) is 70.5. The number of unbranched alkanes of at least 4 members (excludes halogenated alkanes) is 2. The maximum atomic E-state index is 10.9. The first kappa shape index (κ1) is 71.4. The Morgan fingerprint density at radius 2 is 0.982 bits per heavy atom. The average Bonchev–Trinajstić information content (AvgIpc) is 3.96. The van der Waals surface area contributed by atoms with Gasteiger partial charge in [-0.3, -0.25) is 0 Å². The fourth-order valence-electron chi connectivity index (χ4n) is 2.34. The number of hydrogen-bond donors (Lipinski definition) is 0. The number of nitrogens with zero attached hydrogens (tertiary/aromatic N) is 2. The summed E-state index contributed by atoms with van der Waals surface area (Å²) in [6.45, 7) is 10.5. The van der Waals surface area contributed by atoms with Crippen LogP contribution in [0, 0.1) is 5.92 Å². The molecule has 1 fully saturated rings. The molecule has 1 rings (SSSR count). The first-order valence-electron chi connectivity index (χ1n) is 18.6. The molecule has 0 unspecified atom stereocenters. The molecule has 0 bridgehead atoms. The summed E-state index contributed by atoms with van der Waals surface area (Å²) in [6.07, 6.45) is 7.67. The largest absolute Gasteiger partial charge is 0.388 e. The molecule has 1 aliphatic rings. The summed E-state index contributed by atoms with van der Waals surface area (Å²) in [6, 6.07) is 0. The van der Waals surface area contributed by atoms with Gasteiger partial charge in [-0.15, -0.1) is 0 Å². The second-order valence-electron chi connectivity index (χ2n) is 12.1. The Hall–Kier alpha value is -1.34. The minimum atomic E-state index is -2.62. The molecule has 342 valence electrons. The monoisotopic (exact) mass is 821 g/mol. The van der Waals surface area contributed by atoms with E-state index in [2.05, 4.69) is 61.4 Å². The standard InChI is InChI=1S/C7H12O.C6H12O2.C6H14O.C5H13NO.C4H11N.C4H10O2.C3H6F2O.C2H4F2O.C2H6O/c1-6(8)2-3-7-4-5-7;1-6(7)4-3-5-8-2;1-3-4-5-6-7-2;1-6(2)4-5-7-3;1-4-5(2)3;1-5-3-4-6-2;1-6-2-3(4)5;1-5-2(3)4;1-3-2/h7H,2-5H2,1H3;3-5H2,1-2H3;3-6H2,1-2H3;4-5H2,1-3H3;4H2,1-3H3;3-4H2,1-2H3;3H,2H2,1H3;2H,1H3;1-2H3. The maximum Gasteiger partial charge on any atom is 0.345 e. The van der Waals surface area contributed by atoms with Crippen LogP contribution in [-0.2, 0) is 47.5 Å². The number of rotatable bonds is 21. The van der Waals surface area contributed by atoms with Crippen molar-refractivity contribution in [2.45, 2.75) is 98.5 Å². The van der Waals surface area contributed by atoms with E-state index in [1.54, 1.807) is 63.6 Å². The number of hydrogen-bond acceptors (Lipinski definition) is 12. The van der Waals surface area contributed by atoms with Gasteiger partial charge in [0, 0.05) is 96.6 Å². The summed E-state index contributed by atoms with van der Waals surface area (Å²) in [5.41, 5.74) is 0. The maximum absolute atomic E-state index is 10.9. The van der Waals surface area contributed by atoms with Crippen molar-refractivity contribution in [1.29, 1.82) is 0 Å². The lowest BCUT2D eigenvalue weighted by Crippen LogP contribution is -2.16. The van der Waals surface area contributed by atoms with Crippen molar-refractivity contribution < 1.29 is 65.0 Å². The predicted octanol–water partition coefficient (Wildman–Crippen LogP) is 7.65. The van der Waals surface area contributed by atoms with Gasteiger partial charge in [0.15, 0.2) is 0 Å². The molecular formula is C39H88F4N2O10. The lowest BCUT2D eigenvalue weighted by atomic mass is 10.2. The average molecular weight is 821 g/mol. The van der Waals surface area contributed by atoms with Crippen LogP contribution in [-0.4, -0.2) is 179 Å². The van der Waals surface area contributed by atoms with Crippen LogP contribution in [0.5, 0.6) is 0 Å². The van der Waals surface area contributed by atoms with E-state index in [4.69, 9.17) is 14.2 Å². The van der Waals surface area contributed by atoms with Crippen molar-refractivity contribution >= 4 is 11.6 Å². The fraction of sp³-hybridized carbons (Fsp3) is 0.949. The van der Waals surface area contributed by atoms with E-state index < -0.39 is 19.6 Å². The molecule has 0 aliphatic heterocycles. The van der Waals surface area contributed by atoms with Crippen molar-refractivity contribution in [3.8, 4) is 0 Å². The third-order valence-corrected chi connectivity index (χ3v) is 5.77. The van der Waals surface area contributed by atoms with Crippen LogP contribution >= 0.6 is 0 Å². The molecule has 0 saturated heterocycles. The van der Waals surface area contributed by atoms with E-state index in [0.29, 0.717) is 32.0 Å². The number of ketones is 2. The zero-order chi connectivity index (χ0) is 44.7. The molecule has 0 amide bonds. The highest BCUT2D eigenvalue weighted by molar-refractivity contribution is 5.75. The molecule has 0 aromatic heterocycles. The molecule has 16 heteroatoms. The Balaban J connectivity index is -0.0000000761. The van der Waals surface area contributed by atoms with Crippen LogP contribution in [0.4, 0.5) is 17.6 Å². The SMILES string of the molecule is CC(=O)CCC1CC1.CCCCCOC.CCN(C)C.COC.COC(F)F.COCC(F)F.COCCCC(C)=O.COCCN(C)C.COCCOC. The van der Waals surface area contributed by atoms with Crippen LogP contribution in [0.3, 0.4) is 0 Å². The van der Waals surface area contributed by atoms with Gasteiger partial charge in [0.1, 0.15) is 18.2 Å². The molecule has 0 aromatic carbocycles. The highest BCUT2D eigenvalue weighted by atomic mass is 19.3. The highest BCUT2D eigenvalue weighted by Gasteiger charge is 2.20. The van der Waals surface area contributed by atoms with E-state index in [1.165, 1.54) is 39.2 Å². The minimum Gasteiger partial charge on any atom is -0.388 e. The molecule has 0 aromatic rings. The third-order valence-electron chi connectivity index (χ3n) is 5.77. The Morgan fingerprint density at radius 1 is 0.600 bits per heavy atom. The van der Waals surface area contributed by atoms with Gasteiger partial charge in [0.05, 0.1) is 19.8 Å². The topological polar surface area (TPSA) is 114 Å². The number of ether oxygens (including phenoxy) is 8. The number of alkyl halides is 4. The first-order chi connectivity index (χ1) is 25.9. The molecule has 55 heavy (non-hydrogen) atoms. The van der Waals surface area contributed by atoms with Crippen molar-refractivity contribution in [3.05, 3.63) is 0 Å². The quantitative estimate of drug-likeness (QED) is 0.0838. The van der Waals surface area contributed by atoms with Crippen molar-refractivity contribution in [3.63, 3.8) is 0 Å². The molecule has 1 aliphatic carbocycles. The molecule has 0 atom stereocenters. The summed E-state index contributed by atoms with van der Waals surface area (Å²) >= 11 is 0. The second-order valence-corrected chi connectivity index (χ2v) is 12.1. The summed E-state index contributed by atoms with van der Waals surface area (Å²) in [5, 5.41) is 0. The number of methoxy groups -OCH3 is 8. The molecule has 0 spiro atoms. The summed E-state index contributed by atoms with van der Waals surface area (Å²) < 4.78 is 78.3. The number of carbonyl (C=O) groups is 2. The van der Waals surface area contributed by atoms with E-state index in [0.717, 1.165) is 58.6 Å². The van der Waals surface area contributed by atoms with Gasteiger partial charge in [0.2, 0.25) is 0 Å². The molecule has 12 nitrogen and oxygen atoms in total. The Bertz CT molecular complexity index is 625. The third kappa shape index (κ3) is 154. The molecule has 0 heterocycles. The lowest BCUT2D eigenvalue weighted by molar-refractivity contribution is -0.118. The van der Waals surface area contributed by atoms with Crippen LogP contribution in [0.1, 0.15) is 85.5 Å². The normalized spacial score (nSPS) is 10.7. The summed E-state index contributed by atoms with van der Waals surface area (Å²) in [7, 11) is 22.0. The predicted molar refractivity (Wildman–Crippen MR) is 218 cm³/mol. The van der Waals surface area contributed by atoms with Crippen molar-refractivity contribution in [2.75, 3.05) is 145 Å². The summed E-state index contributed by atoms with van der Waals surface area (Å²) in [5.74, 6) is 1.50. The molecule has 0 radical (unpaired) electrons. The number of carbonyl (C=O) groups excluding carboxylic acids is 2. The molecule has 0 N–H and O–H groups in total. The zero-order valence-corrected chi connectivity index (χ0v) is 38.2. The summed E-state index contributed by atoms with van der Waals surface area (Å²) in [4.78, 5) is 24.9. The minimum absolute atomic E-state index is 0.238. The van der Waals surface area contributed by atoms with Crippen molar-refractivity contribution in [2.24, 2.45) is 5.92 Å². The van der Waals surface area contributed by atoms with Crippen LogP contribution in [0.15, 0.2) is 0 Å². The van der Waals surface area contributed by atoms with Crippen molar-refractivity contribution in [1.82, 2.24) is 9.80 Å². The van der Waals surface area contributed by atoms with Gasteiger partial charge >= 0.3 is 6.61 Å². The molecule has 1 saturated carbocycles. The van der Waals surface area contributed by atoms with E-state index in [9.17, 15) is 27.2 Å². The highest BCUT2D eigenvalue weighted by Crippen LogP contribution is 2.33. The zero-order valence-electron chi connectivity index (χ0n) is 38.2. The van der Waals surface area contributed by atoms with Crippen LogP contribution < -0.4 is 0 Å². The van der Waals surface area contributed by atoms with Crippen LogP contribution in [0.25, 0.3) is 0 Å². The smallest absolute Gasteiger partial charge is 0.345 e. The Kier molecular flexibility index (Phi) is 91.4.